The molecule has 2 unspecified atom stereocenters. The molecule has 1 N–H and O–H groups in total. The van der Waals surface area contributed by atoms with Crippen molar-refractivity contribution < 1.29 is 13.5 Å². The summed E-state index contributed by atoms with van der Waals surface area (Å²) in [5.74, 6) is -0.329. The van der Waals surface area contributed by atoms with Crippen LogP contribution in [0, 0.1) is 5.82 Å². The van der Waals surface area contributed by atoms with E-state index in [1.165, 1.54) is 12.1 Å². The Kier molecular flexibility index (Phi) is 2.63. The third kappa shape index (κ3) is 2.01. The molecule has 2 rings (SSSR count). The van der Waals surface area contributed by atoms with E-state index in [4.69, 9.17) is 4.74 Å². The van der Waals surface area contributed by atoms with Crippen molar-refractivity contribution in [2.45, 2.75) is 18.8 Å². The van der Waals surface area contributed by atoms with Gasteiger partial charge in [-0.15, -0.1) is 0 Å². The molecule has 2 nitrogen and oxygen atoms in total. The summed E-state index contributed by atoms with van der Waals surface area (Å²) in [5.41, 5.74) is 0.586. The molecule has 1 saturated heterocycles. The van der Waals surface area contributed by atoms with E-state index in [2.05, 4.69) is 5.32 Å². The minimum atomic E-state index is -1.29. The molecule has 2 atom stereocenters. The van der Waals surface area contributed by atoms with Crippen LogP contribution in [-0.4, -0.2) is 19.0 Å². The average molecular weight is 199 g/mol. The number of ether oxygens (including phenoxy) is 1. The molecule has 1 fully saturated rings. The van der Waals surface area contributed by atoms with E-state index in [0.717, 1.165) is 0 Å². The van der Waals surface area contributed by atoms with Crippen LogP contribution in [0.1, 0.15) is 6.42 Å². The van der Waals surface area contributed by atoms with Crippen molar-refractivity contribution in [1.82, 2.24) is 0 Å². The normalized spacial score (nSPS) is 26.4. The van der Waals surface area contributed by atoms with Crippen molar-refractivity contribution in [1.29, 1.82) is 0 Å². The molecular formula is C10H11F2NO. The van der Waals surface area contributed by atoms with Gasteiger partial charge in [-0.25, -0.2) is 8.78 Å². The first-order valence-corrected chi connectivity index (χ1v) is 4.53. The van der Waals surface area contributed by atoms with Crippen molar-refractivity contribution in [3.8, 4) is 0 Å². The van der Waals surface area contributed by atoms with Gasteiger partial charge in [-0.05, 0) is 24.6 Å². The standard InChI is InChI=1S/C10H11F2NO/c11-7-2-1-3-8(6-7)13-9-4-5-14-10(9)12/h1-3,6,9-10,13H,4-5H2. The molecule has 1 aromatic rings. The number of nitrogens with one attached hydrogen (secondary N) is 1. The van der Waals surface area contributed by atoms with Gasteiger partial charge >= 0.3 is 0 Å². The maximum Gasteiger partial charge on any atom is 0.219 e. The zero-order valence-electron chi connectivity index (χ0n) is 7.54. The maximum atomic E-state index is 13.0. The SMILES string of the molecule is Fc1cccc(NC2CCOC2F)c1. The van der Waals surface area contributed by atoms with Gasteiger partial charge in [-0.3, -0.25) is 0 Å². The Morgan fingerprint density at radius 3 is 2.93 bits per heavy atom. The molecule has 1 aliphatic rings. The lowest BCUT2D eigenvalue weighted by Gasteiger charge is -2.14. The van der Waals surface area contributed by atoms with Crippen molar-refractivity contribution in [2.24, 2.45) is 0 Å². The van der Waals surface area contributed by atoms with Gasteiger partial charge in [0.05, 0.1) is 12.6 Å². The lowest BCUT2D eigenvalue weighted by molar-refractivity contribution is 0.00461. The first-order valence-electron chi connectivity index (χ1n) is 4.53. The monoisotopic (exact) mass is 199 g/mol. The first kappa shape index (κ1) is 9.40. The van der Waals surface area contributed by atoms with Crippen LogP contribution in [0.2, 0.25) is 0 Å². The van der Waals surface area contributed by atoms with Crippen LogP contribution >= 0.6 is 0 Å². The highest BCUT2D eigenvalue weighted by Gasteiger charge is 2.27. The van der Waals surface area contributed by atoms with Gasteiger partial charge in [0.25, 0.3) is 0 Å². The van der Waals surface area contributed by atoms with E-state index < -0.39 is 6.36 Å². The quantitative estimate of drug-likeness (QED) is 0.789. The van der Waals surface area contributed by atoms with Gasteiger partial charge in [0.2, 0.25) is 6.36 Å². The minimum Gasteiger partial charge on any atom is -0.377 e. The molecule has 0 aromatic heterocycles. The highest BCUT2D eigenvalue weighted by Crippen LogP contribution is 2.20. The zero-order chi connectivity index (χ0) is 9.97. The van der Waals surface area contributed by atoms with Gasteiger partial charge in [-0.1, -0.05) is 6.07 Å². The molecule has 4 heteroatoms. The van der Waals surface area contributed by atoms with Gasteiger partial charge < -0.3 is 10.1 Å². The number of anilines is 1. The molecule has 1 heterocycles. The van der Waals surface area contributed by atoms with E-state index in [1.807, 2.05) is 0 Å². The summed E-state index contributed by atoms with van der Waals surface area (Å²) in [4.78, 5) is 0. The molecule has 1 aromatic carbocycles. The Balaban J connectivity index is 2.03. The third-order valence-corrected chi connectivity index (χ3v) is 2.20. The summed E-state index contributed by atoms with van der Waals surface area (Å²) in [5, 5.41) is 2.89. The van der Waals surface area contributed by atoms with Gasteiger partial charge in [0.15, 0.2) is 0 Å². The van der Waals surface area contributed by atoms with Crippen LogP contribution in [0.5, 0.6) is 0 Å². The summed E-state index contributed by atoms with van der Waals surface area (Å²) in [6.07, 6.45) is -0.684. The Hall–Kier alpha value is -1.16. The number of halogens is 2. The predicted molar refractivity (Wildman–Crippen MR) is 49.3 cm³/mol. The molecule has 14 heavy (non-hydrogen) atoms. The minimum absolute atomic E-state index is 0.329. The zero-order valence-corrected chi connectivity index (χ0v) is 7.54. The highest BCUT2D eigenvalue weighted by molar-refractivity contribution is 5.44. The number of hydrogen-bond donors (Lipinski definition) is 1. The fourth-order valence-corrected chi connectivity index (χ4v) is 1.48. The number of hydrogen-bond acceptors (Lipinski definition) is 2. The average Bonchev–Trinajstić information content (AvgIpc) is 2.52. The number of rotatable bonds is 2. The second kappa shape index (κ2) is 3.92. The molecule has 76 valence electrons. The lowest BCUT2D eigenvalue weighted by Crippen LogP contribution is -2.25. The number of benzene rings is 1. The Morgan fingerprint density at radius 2 is 2.29 bits per heavy atom. The fraction of sp³-hybridized carbons (Fsp3) is 0.400. The Labute approximate surface area is 80.9 Å². The van der Waals surface area contributed by atoms with Crippen LogP contribution in [-0.2, 0) is 4.74 Å². The first-order chi connectivity index (χ1) is 6.75. The molecule has 0 saturated carbocycles. The highest BCUT2D eigenvalue weighted by atomic mass is 19.1. The third-order valence-electron chi connectivity index (χ3n) is 2.20. The molecule has 1 aliphatic heterocycles. The van der Waals surface area contributed by atoms with Crippen LogP contribution in [0.4, 0.5) is 14.5 Å². The molecule has 0 radical (unpaired) electrons. The topological polar surface area (TPSA) is 21.3 Å². The molecular weight excluding hydrogens is 188 g/mol. The van der Waals surface area contributed by atoms with Crippen molar-refractivity contribution in [2.75, 3.05) is 11.9 Å². The van der Waals surface area contributed by atoms with E-state index >= 15 is 0 Å². The predicted octanol–water partition coefficient (Wildman–Crippen LogP) is 2.32. The Morgan fingerprint density at radius 1 is 1.43 bits per heavy atom. The van der Waals surface area contributed by atoms with Crippen LogP contribution in [0.25, 0.3) is 0 Å². The Bertz CT molecular complexity index is 319. The second-order valence-electron chi connectivity index (χ2n) is 3.27. The molecule has 0 bridgehead atoms. The summed E-state index contributed by atoms with van der Waals surface area (Å²) in [7, 11) is 0. The fourth-order valence-electron chi connectivity index (χ4n) is 1.48. The second-order valence-corrected chi connectivity index (χ2v) is 3.27. The largest absolute Gasteiger partial charge is 0.377 e. The van der Waals surface area contributed by atoms with Crippen LogP contribution < -0.4 is 5.32 Å². The van der Waals surface area contributed by atoms with Crippen molar-refractivity contribution in [3.63, 3.8) is 0 Å². The summed E-state index contributed by atoms with van der Waals surface area (Å²) < 4.78 is 30.5. The summed E-state index contributed by atoms with van der Waals surface area (Å²) >= 11 is 0. The molecule has 0 spiro atoms. The van der Waals surface area contributed by atoms with Gasteiger partial charge in [-0.2, -0.15) is 0 Å². The van der Waals surface area contributed by atoms with E-state index in [9.17, 15) is 8.78 Å². The van der Waals surface area contributed by atoms with Crippen molar-refractivity contribution >= 4 is 5.69 Å². The van der Waals surface area contributed by atoms with Crippen LogP contribution in [0.15, 0.2) is 24.3 Å². The summed E-state index contributed by atoms with van der Waals surface area (Å²) in [6.45, 7) is 0.411. The van der Waals surface area contributed by atoms with E-state index in [0.29, 0.717) is 18.7 Å². The smallest absolute Gasteiger partial charge is 0.219 e. The van der Waals surface area contributed by atoms with Crippen LogP contribution in [0.3, 0.4) is 0 Å². The van der Waals surface area contributed by atoms with E-state index in [-0.39, 0.29) is 11.9 Å². The molecule has 0 amide bonds. The maximum absolute atomic E-state index is 13.0. The van der Waals surface area contributed by atoms with Crippen molar-refractivity contribution in [3.05, 3.63) is 30.1 Å². The van der Waals surface area contributed by atoms with Gasteiger partial charge in [0, 0.05) is 5.69 Å². The lowest BCUT2D eigenvalue weighted by atomic mass is 10.2. The summed E-state index contributed by atoms with van der Waals surface area (Å²) in [6, 6.07) is 5.61. The molecule has 0 aliphatic carbocycles. The number of alkyl halides is 1. The van der Waals surface area contributed by atoms with E-state index in [1.54, 1.807) is 12.1 Å². The van der Waals surface area contributed by atoms with Gasteiger partial charge in [0.1, 0.15) is 5.82 Å².